The summed E-state index contributed by atoms with van der Waals surface area (Å²) in [6.07, 6.45) is 5.07. The second-order valence-electron chi connectivity index (χ2n) is 11.6. The number of ether oxygens (including phenoxy) is 4. The maximum Gasteiger partial charge on any atom is 0.338 e. The third-order valence-corrected chi connectivity index (χ3v) is 9.59. The van der Waals surface area contributed by atoms with Crippen LogP contribution in [0, 0.1) is 0 Å². The molecule has 0 N–H and O–H groups in total. The summed E-state index contributed by atoms with van der Waals surface area (Å²) in [6, 6.07) is 16.2. The Morgan fingerprint density at radius 1 is 0.979 bits per heavy atom. The highest BCUT2D eigenvalue weighted by atomic mass is 32.1. The van der Waals surface area contributed by atoms with Crippen molar-refractivity contribution < 1.29 is 28.5 Å². The van der Waals surface area contributed by atoms with Gasteiger partial charge < -0.3 is 23.8 Å². The molecule has 3 aromatic carbocycles. The number of aromatic nitrogens is 1. The van der Waals surface area contributed by atoms with Gasteiger partial charge in [0.1, 0.15) is 11.8 Å². The van der Waals surface area contributed by atoms with E-state index in [1.807, 2.05) is 49.4 Å². The van der Waals surface area contributed by atoms with Crippen LogP contribution in [-0.4, -0.2) is 61.9 Å². The molecule has 0 aliphatic carbocycles. The van der Waals surface area contributed by atoms with Crippen molar-refractivity contribution in [1.82, 2.24) is 9.47 Å². The SMILES string of the molecule is CCCC1=C(C(=O)OCC)[C@@H](c2c(OC)ccc3ccccc23)n2c(s/c(=C/c3ccc(OCC(=O)N4CCCC4)c(OC)c3)c2=O)=N1. The van der Waals surface area contributed by atoms with Crippen molar-refractivity contribution in [2.24, 2.45) is 4.99 Å². The van der Waals surface area contributed by atoms with Gasteiger partial charge in [-0.25, -0.2) is 9.79 Å². The average Bonchev–Trinajstić information content (AvgIpc) is 3.75. The van der Waals surface area contributed by atoms with Crippen molar-refractivity contribution in [3.8, 4) is 17.2 Å². The minimum absolute atomic E-state index is 0.0539. The number of likely N-dealkylation sites (tertiary alicyclic amines) is 1. The van der Waals surface area contributed by atoms with E-state index in [9.17, 15) is 14.4 Å². The molecule has 0 spiro atoms. The van der Waals surface area contributed by atoms with Gasteiger partial charge in [0.25, 0.3) is 11.5 Å². The molecule has 0 radical (unpaired) electrons. The van der Waals surface area contributed by atoms with Crippen LogP contribution in [0.15, 0.2) is 75.7 Å². The molecule has 0 unspecified atom stereocenters. The number of allylic oxidation sites excluding steroid dienone is 1. The van der Waals surface area contributed by atoms with Crippen LogP contribution >= 0.6 is 11.3 Å². The topological polar surface area (TPSA) is 109 Å². The lowest BCUT2D eigenvalue weighted by atomic mass is 9.90. The Hall–Kier alpha value is -4.90. The number of fused-ring (bicyclic) bond motifs is 2. The summed E-state index contributed by atoms with van der Waals surface area (Å²) in [5.41, 5.74) is 2.02. The summed E-state index contributed by atoms with van der Waals surface area (Å²) in [5.74, 6) is 0.870. The Morgan fingerprint density at radius 2 is 1.73 bits per heavy atom. The van der Waals surface area contributed by atoms with E-state index in [1.54, 1.807) is 41.7 Å². The van der Waals surface area contributed by atoms with E-state index in [2.05, 4.69) is 0 Å². The predicted octanol–water partition coefficient (Wildman–Crippen LogP) is 4.75. The molecule has 48 heavy (non-hydrogen) atoms. The zero-order valence-corrected chi connectivity index (χ0v) is 28.4. The second kappa shape index (κ2) is 14.5. The molecule has 1 saturated heterocycles. The van der Waals surface area contributed by atoms with Crippen LogP contribution in [0.5, 0.6) is 17.2 Å². The highest BCUT2D eigenvalue weighted by Crippen LogP contribution is 2.41. The van der Waals surface area contributed by atoms with E-state index in [-0.39, 0.29) is 24.7 Å². The molecule has 1 atom stereocenters. The van der Waals surface area contributed by atoms with Crippen LogP contribution in [-0.2, 0) is 14.3 Å². The van der Waals surface area contributed by atoms with Crippen molar-refractivity contribution in [3.63, 3.8) is 0 Å². The first kappa shape index (κ1) is 33.0. The molecule has 0 saturated carbocycles. The minimum Gasteiger partial charge on any atom is -0.496 e. The largest absolute Gasteiger partial charge is 0.496 e. The molecule has 6 rings (SSSR count). The van der Waals surface area contributed by atoms with E-state index in [4.69, 9.17) is 23.9 Å². The smallest absolute Gasteiger partial charge is 0.338 e. The molecule has 11 heteroatoms. The summed E-state index contributed by atoms with van der Waals surface area (Å²) >= 11 is 1.26. The number of rotatable bonds is 11. The Morgan fingerprint density at radius 3 is 2.46 bits per heavy atom. The summed E-state index contributed by atoms with van der Waals surface area (Å²) in [7, 11) is 3.12. The summed E-state index contributed by atoms with van der Waals surface area (Å²) in [6.45, 7) is 5.40. The molecule has 4 aromatic rings. The number of thiazole rings is 1. The van der Waals surface area contributed by atoms with E-state index in [0.717, 1.165) is 43.1 Å². The summed E-state index contributed by atoms with van der Waals surface area (Å²) in [4.78, 5) is 47.9. The fraction of sp³-hybridized carbons (Fsp3) is 0.351. The number of hydrogen-bond donors (Lipinski definition) is 0. The molecule has 3 heterocycles. The van der Waals surface area contributed by atoms with Crippen LogP contribution < -0.4 is 29.1 Å². The van der Waals surface area contributed by atoms with E-state index >= 15 is 0 Å². The summed E-state index contributed by atoms with van der Waals surface area (Å²) in [5, 5.41) is 1.81. The molecule has 1 aromatic heterocycles. The number of carbonyl (C=O) groups excluding carboxylic acids is 2. The fourth-order valence-electron chi connectivity index (χ4n) is 6.37. The quantitative estimate of drug-likeness (QED) is 0.212. The number of carbonyl (C=O) groups is 2. The van der Waals surface area contributed by atoms with Gasteiger partial charge in [-0.2, -0.15) is 0 Å². The molecule has 0 bridgehead atoms. The first-order chi connectivity index (χ1) is 23.4. The minimum atomic E-state index is -0.830. The molecule has 10 nitrogen and oxygen atoms in total. The van der Waals surface area contributed by atoms with Gasteiger partial charge in [0.2, 0.25) is 0 Å². The fourth-order valence-corrected chi connectivity index (χ4v) is 7.39. The van der Waals surface area contributed by atoms with Crippen LogP contribution in [0.4, 0.5) is 0 Å². The highest BCUT2D eigenvalue weighted by molar-refractivity contribution is 7.07. The second-order valence-corrected chi connectivity index (χ2v) is 12.6. The molecular weight excluding hydrogens is 630 g/mol. The Kier molecular flexibility index (Phi) is 9.95. The van der Waals surface area contributed by atoms with Crippen molar-refractivity contribution in [2.75, 3.05) is 40.5 Å². The van der Waals surface area contributed by atoms with E-state index in [0.29, 0.717) is 55.4 Å². The van der Waals surface area contributed by atoms with Gasteiger partial charge in [0.15, 0.2) is 22.9 Å². The lowest BCUT2D eigenvalue weighted by Gasteiger charge is -2.28. The number of hydrogen-bond acceptors (Lipinski definition) is 9. The van der Waals surface area contributed by atoms with E-state index in [1.165, 1.54) is 18.4 Å². The number of methoxy groups -OCH3 is 2. The predicted molar refractivity (Wildman–Crippen MR) is 184 cm³/mol. The van der Waals surface area contributed by atoms with Gasteiger partial charge in [-0.05, 0) is 66.8 Å². The number of benzene rings is 3. The van der Waals surface area contributed by atoms with Gasteiger partial charge in [-0.3, -0.25) is 14.2 Å². The lowest BCUT2D eigenvalue weighted by Crippen LogP contribution is -2.40. The van der Waals surface area contributed by atoms with Crippen molar-refractivity contribution in [1.29, 1.82) is 0 Å². The van der Waals surface area contributed by atoms with Gasteiger partial charge in [-0.15, -0.1) is 0 Å². The van der Waals surface area contributed by atoms with Crippen LogP contribution in [0.3, 0.4) is 0 Å². The van der Waals surface area contributed by atoms with Gasteiger partial charge in [0, 0.05) is 18.7 Å². The number of amides is 1. The molecular formula is C37H39N3O7S. The van der Waals surface area contributed by atoms with Crippen molar-refractivity contribution in [3.05, 3.63) is 96.7 Å². The molecule has 250 valence electrons. The van der Waals surface area contributed by atoms with Crippen molar-refractivity contribution in [2.45, 2.75) is 45.6 Å². The first-order valence-electron chi connectivity index (χ1n) is 16.2. The number of nitrogens with zero attached hydrogens (tertiary/aromatic N) is 3. The number of esters is 1. The zero-order chi connectivity index (χ0) is 33.8. The summed E-state index contributed by atoms with van der Waals surface area (Å²) < 4.78 is 24.9. The Balaban J connectivity index is 1.48. The highest BCUT2D eigenvalue weighted by Gasteiger charge is 2.37. The van der Waals surface area contributed by atoms with Crippen molar-refractivity contribution >= 4 is 40.1 Å². The van der Waals surface area contributed by atoms with Gasteiger partial charge in [0.05, 0.1) is 36.6 Å². The monoisotopic (exact) mass is 669 g/mol. The first-order valence-corrected chi connectivity index (χ1v) is 17.1. The molecule has 2 aliphatic heterocycles. The lowest BCUT2D eigenvalue weighted by molar-refractivity contribution is -0.139. The van der Waals surface area contributed by atoms with Gasteiger partial charge >= 0.3 is 5.97 Å². The zero-order valence-electron chi connectivity index (χ0n) is 27.6. The van der Waals surface area contributed by atoms with Crippen LogP contribution in [0.1, 0.15) is 56.7 Å². The Bertz CT molecular complexity index is 2070. The maximum absolute atomic E-state index is 14.4. The van der Waals surface area contributed by atoms with E-state index < -0.39 is 12.0 Å². The standard InChI is InChI=1S/C37H39N3O7S/c1-5-11-26-33(36(43)46-6-2)34(32-25-13-8-7-12-24(25)15-17-28(32)44-3)40-35(42)30(48-37(40)38-26)21-23-14-16-27(29(20-23)45-4)47-22-31(41)39-18-9-10-19-39/h7-8,12-17,20-21,34H,5-6,9-11,18-19,22H2,1-4H3/b30-21+/t34-/m1/s1. The van der Waals surface area contributed by atoms with Crippen LogP contribution in [0.2, 0.25) is 0 Å². The maximum atomic E-state index is 14.4. The van der Waals surface area contributed by atoms with Gasteiger partial charge in [-0.1, -0.05) is 61.1 Å². The third-order valence-electron chi connectivity index (χ3n) is 8.61. The third kappa shape index (κ3) is 6.34. The molecule has 2 aliphatic rings. The normalized spacial score (nSPS) is 16.1. The molecule has 1 fully saturated rings. The van der Waals surface area contributed by atoms with Crippen LogP contribution in [0.25, 0.3) is 16.8 Å². The molecule has 1 amide bonds. The average molecular weight is 670 g/mol. The Labute approximate surface area is 282 Å².